The van der Waals surface area contributed by atoms with Gasteiger partial charge in [0.1, 0.15) is 5.75 Å². The first kappa shape index (κ1) is 19.3. The summed E-state index contributed by atoms with van der Waals surface area (Å²) in [6.07, 6.45) is -0.135. The monoisotopic (exact) mass is 378 g/mol. The van der Waals surface area contributed by atoms with Crippen LogP contribution in [0.4, 0.5) is 5.69 Å². The van der Waals surface area contributed by atoms with Crippen molar-refractivity contribution >= 4 is 27.6 Å². The number of nitrogens with two attached hydrogens (primary N) is 1. The molecule has 0 saturated heterocycles. The van der Waals surface area contributed by atoms with Gasteiger partial charge in [-0.1, -0.05) is 6.07 Å². The number of hydrogen-bond donors (Lipinski definition) is 3. The lowest BCUT2D eigenvalue weighted by Crippen LogP contribution is -2.17. The topological polar surface area (TPSA) is 136 Å². The lowest BCUT2D eigenvalue weighted by molar-refractivity contribution is -0.137. The van der Waals surface area contributed by atoms with Gasteiger partial charge < -0.3 is 15.6 Å². The minimum Gasteiger partial charge on any atom is -0.493 e. The molecule has 0 radical (unpaired) electrons. The number of carbonyl (C=O) groups is 2. The minimum absolute atomic E-state index is 0.0136. The maximum Gasteiger partial charge on any atom is 0.306 e. The van der Waals surface area contributed by atoms with Gasteiger partial charge in [0, 0.05) is 11.3 Å². The Morgan fingerprint density at radius 1 is 1.15 bits per heavy atom. The number of aliphatic carboxylic acids is 1. The third kappa shape index (κ3) is 4.96. The summed E-state index contributed by atoms with van der Waals surface area (Å²) in [6.45, 7) is 1.67. The molecule has 0 spiro atoms. The van der Waals surface area contributed by atoms with Gasteiger partial charge in [-0.15, -0.1) is 0 Å². The Labute approximate surface area is 150 Å². The molecule has 0 heterocycles. The number of primary amides is 1. The number of carbonyl (C=O) groups excluding carboxylic acids is 1. The van der Waals surface area contributed by atoms with Crippen LogP contribution in [-0.2, 0) is 14.8 Å². The van der Waals surface area contributed by atoms with Crippen molar-refractivity contribution < 1.29 is 27.9 Å². The number of ether oxygens (including phenoxy) is 1. The Morgan fingerprint density at radius 3 is 2.38 bits per heavy atom. The maximum absolute atomic E-state index is 12.5. The van der Waals surface area contributed by atoms with Gasteiger partial charge in [0.05, 0.1) is 17.9 Å². The SMILES string of the molecule is Cc1ccc(S(=O)(=O)Nc2ccc(OCCC(=O)O)cc2)cc1C(N)=O. The normalized spacial score (nSPS) is 11.0. The van der Waals surface area contributed by atoms with Gasteiger partial charge in [-0.25, -0.2) is 8.42 Å². The van der Waals surface area contributed by atoms with Crippen LogP contribution in [0.1, 0.15) is 22.3 Å². The standard InChI is InChI=1S/C17H18N2O6S/c1-11-2-7-14(10-15(11)17(18)22)26(23,24)19-12-3-5-13(6-4-12)25-9-8-16(20)21/h2-7,10,19H,8-9H2,1H3,(H2,18,22)(H,20,21). The second-order valence-electron chi connectivity index (χ2n) is 5.46. The molecule has 8 nitrogen and oxygen atoms in total. The van der Waals surface area contributed by atoms with E-state index in [0.29, 0.717) is 11.3 Å². The molecule has 0 unspecified atom stereocenters. The highest BCUT2D eigenvalue weighted by Gasteiger charge is 2.17. The average molecular weight is 378 g/mol. The number of carboxylic acid groups (broad SMARTS) is 1. The minimum atomic E-state index is -3.90. The largest absolute Gasteiger partial charge is 0.493 e. The van der Waals surface area contributed by atoms with Gasteiger partial charge in [0.2, 0.25) is 5.91 Å². The molecular formula is C17H18N2O6S. The number of aryl methyl sites for hydroxylation is 1. The van der Waals surface area contributed by atoms with E-state index in [-0.39, 0.29) is 29.2 Å². The third-order valence-corrected chi connectivity index (χ3v) is 4.85. The highest BCUT2D eigenvalue weighted by atomic mass is 32.2. The highest BCUT2D eigenvalue weighted by Crippen LogP contribution is 2.21. The third-order valence-electron chi connectivity index (χ3n) is 3.48. The van der Waals surface area contributed by atoms with Crippen molar-refractivity contribution in [1.82, 2.24) is 0 Å². The summed E-state index contributed by atoms with van der Waals surface area (Å²) in [7, 11) is -3.90. The lowest BCUT2D eigenvalue weighted by atomic mass is 10.1. The van der Waals surface area contributed by atoms with E-state index in [9.17, 15) is 18.0 Å². The van der Waals surface area contributed by atoms with E-state index in [4.69, 9.17) is 15.6 Å². The van der Waals surface area contributed by atoms with E-state index in [1.165, 1.54) is 42.5 Å². The van der Waals surface area contributed by atoms with Crippen LogP contribution in [0.25, 0.3) is 0 Å². The van der Waals surface area contributed by atoms with E-state index in [2.05, 4.69) is 4.72 Å². The highest BCUT2D eigenvalue weighted by molar-refractivity contribution is 7.92. The summed E-state index contributed by atoms with van der Waals surface area (Å²) in [6, 6.07) is 10.1. The zero-order valence-corrected chi connectivity index (χ0v) is 14.7. The van der Waals surface area contributed by atoms with Crippen molar-refractivity contribution in [3.05, 3.63) is 53.6 Å². The van der Waals surface area contributed by atoms with Crippen molar-refractivity contribution in [2.24, 2.45) is 5.73 Å². The molecule has 9 heteroatoms. The molecule has 2 aromatic carbocycles. The number of hydrogen-bond acceptors (Lipinski definition) is 5. The number of sulfonamides is 1. The number of benzene rings is 2. The molecule has 26 heavy (non-hydrogen) atoms. The second kappa shape index (κ2) is 7.87. The predicted octanol–water partition coefficient (Wildman–Crippen LogP) is 1.75. The van der Waals surface area contributed by atoms with Gasteiger partial charge in [-0.3, -0.25) is 14.3 Å². The second-order valence-corrected chi connectivity index (χ2v) is 7.15. The molecule has 0 aliphatic rings. The van der Waals surface area contributed by atoms with E-state index in [1.54, 1.807) is 6.92 Å². The van der Waals surface area contributed by atoms with E-state index < -0.39 is 21.9 Å². The van der Waals surface area contributed by atoms with Crippen molar-refractivity contribution in [2.45, 2.75) is 18.2 Å². The molecule has 0 fully saturated rings. The Balaban J connectivity index is 2.13. The van der Waals surface area contributed by atoms with Crippen LogP contribution in [0.2, 0.25) is 0 Å². The predicted molar refractivity (Wildman–Crippen MR) is 94.7 cm³/mol. The fourth-order valence-electron chi connectivity index (χ4n) is 2.12. The molecule has 0 atom stereocenters. The summed E-state index contributed by atoms with van der Waals surface area (Å²) in [5.74, 6) is -1.26. The van der Waals surface area contributed by atoms with Crippen LogP contribution in [0.15, 0.2) is 47.4 Å². The Hall–Kier alpha value is -3.07. The quantitative estimate of drug-likeness (QED) is 0.640. The molecule has 0 saturated carbocycles. The van der Waals surface area contributed by atoms with Gasteiger partial charge in [0.15, 0.2) is 0 Å². The molecular weight excluding hydrogens is 360 g/mol. The summed E-state index contributed by atoms with van der Waals surface area (Å²) in [5, 5.41) is 8.56. The van der Waals surface area contributed by atoms with Gasteiger partial charge in [0.25, 0.3) is 10.0 Å². The summed E-state index contributed by atoms with van der Waals surface area (Å²) >= 11 is 0. The van der Waals surface area contributed by atoms with E-state index >= 15 is 0 Å². The molecule has 138 valence electrons. The van der Waals surface area contributed by atoms with Crippen LogP contribution in [0.5, 0.6) is 5.75 Å². The Morgan fingerprint density at radius 2 is 1.81 bits per heavy atom. The fraction of sp³-hybridized carbons (Fsp3) is 0.176. The Bertz CT molecular complexity index is 923. The average Bonchev–Trinajstić information content (AvgIpc) is 2.56. The summed E-state index contributed by atoms with van der Waals surface area (Å²) < 4.78 is 32.5. The van der Waals surface area contributed by atoms with Crippen LogP contribution in [-0.4, -0.2) is 32.0 Å². The molecule has 2 rings (SSSR count). The van der Waals surface area contributed by atoms with Crippen LogP contribution >= 0.6 is 0 Å². The molecule has 1 amide bonds. The van der Waals surface area contributed by atoms with E-state index in [1.807, 2.05) is 0 Å². The molecule has 0 aliphatic heterocycles. The van der Waals surface area contributed by atoms with E-state index in [0.717, 1.165) is 0 Å². The Kier molecular flexibility index (Phi) is 5.83. The van der Waals surface area contributed by atoms with Crippen molar-refractivity contribution in [3.8, 4) is 5.75 Å². The first-order valence-electron chi connectivity index (χ1n) is 7.57. The molecule has 2 aromatic rings. The zero-order valence-electron chi connectivity index (χ0n) is 13.9. The molecule has 4 N–H and O–H groups in total. The van der Waals surface area contributed by atoms with Crippen molar-refractivity contribution in [1.29, 1.82) is 0 Å². The molecule has 0 aliphatic carbocycles. The van der Waals surface area contributed by atoms with Crippen LogP contribution in [0, 0.1) is 6.92 Å². The fourth-order valence-corrected chi connectivity index (χ4v) is 3.21. The number of carboxylic acids is 1. The van der Waals surface area contributed by atoms with Crippen LogP contribution < -0.4 is 15.2 Å². The van der Waals surface area contributed by atoms with Crippen LogP contribution in [0.3, 0.4) is 0 Å². The lowest BCUT2D eigenvalue weighted by Gasteiger charge is -2.11. The van der Waals surface area contributed by atoms with Crippen molar-refractivity contribution in [3.63, 3.8) is 0 Å². The maximum atomic E-state index is 12.5. The number of amides is 1. The molecule has 0 aromatic heterocycles. The number of rotatable bonds is 8. The van der Waals surface area contributed by atoms with Gasteiger partial charge >= 0.3 is 5.97 Å². The smallest absolute Gasteiger partial charge is 0.306 e. The van der Waals surface area contributed by atoms with Crippen molar-refractivity contribution in [2.75, 3.05) is 11.3 Å². The van der Waals surface area contributed by atoms with Gasteiger partial charge in [-0.05, 0) is 48.9 Å². The molecule has 0 bridgehead atoms. The first-order valence-corrected chi connectivity index (χ1v) is 9.05. The first-order chi connectivity index (χ1) is 12.2. The summed E-state index contributed by atoms with van der Waals surface area (Å²) in [4.78, 5) is 21.7. The number of nitrogens with one attached hydrogen (secondary N) is 1. The van der Waals surface area contributed by atoms with Gasteiger partial charge in [-0.2, -0.15) is 0 Å². The summed E-state index contributed by atoms with van der Waals surface area (Å²) in [5.41, 5.74) is 6.26. The number of anilines is 1. The zero-order chi connectivity index (χ0) is 19.3.